The molecule has 1 N–H and O–H groups in total. The first-order valence-electron chi connectivity index (χ1n) is 6.57. The molecule has 0 aromatic heterocycles. The zero-order valence-corrected chi connectivity index (χ0v) is 13.5. The Labute approximate surface area is 120 Å². The molecule has 1 unspecified atom stereocenters. The van der Waals surface area contributed by atoms with Crippen molar-refractivity contribution in [1.29, 1.82) is 0 Å². The molecular weight excluding hydrogens is 279 g/mol. The first-order chi connectivity index (χ1) is 9.30. The summed E-state index contributed by atoms with van der Waals surface area (Å²) in [5.74, 6) is -0.941. The van der Waals surface area contributed by atoms with Crippen molar-refractivity contribution in [2.45, 2.75) is 45.7 Å². The highest BCUT2D eigenvalue weighted by Gasteiger charge is 2.39. The number of hydrogen-bond acceptors (Lipinski definition) is 5. The minimum absolute atomic E-state index is 0.330. The van der Waals surface area contributed by atoms with Crippen LogP contribution in [-0.2, 0) is 13.6 Å². The van der Waals surface area contributed by atoms with Crippen LogP contribution in [0.3, 0.4) is 0 Å². The number of rotatable bonds is 7. The van der Waals surface area contributed by atoms with Gasteiger partial charge in [0.25, 0.3) is 0 Å². The number of ether oxygens (including phenoxy) is 1. The summed E-state index contributed by atoms with van der Waals surface area (Å²) in [5, 5.41) is 10.5. The van der Waals surface area contributed by atoms with E-state index in [1.165, 1.54) is 7.11 Å². The van der Waals surface area contributed by atoms with Crippen molar-refractivity contribution in [2.24, 2.45) is 0 Å². The third-order valence-electron chi connectivity index (χ3n) is 2.43. The van der Waals surface area contributed by atoms with Gasteiger partial charge in [-0.25, -0.2) is 0 Å². The molecule has 6 heteroatoms. The molecule has 0 saturated heterocycles. The van der Waals surface area contributed by atoms with Crippen molar-refractivity contribution >= 4 is 7.60 Å². The second-order valence-corrected chi connectivity index (χ2v) is 6.95. The highest BCUT2D eigenvalue weighted by Crippen LogP contribution is 2.62. The molecule has 0 spiro atoms. The van der Waals surface area contributed by atoms with Crippen LogP contribution in [0.15, 0.2) is 24.3 Å². The van der Waals surface area contributed by atoms with E-state index in [0.29, 0.717) is 11.3 Å². The Morgan fingerprint density at radius 2 is 1.55 bits per heavy atom. The lowest BCUT2D eigenvalue weighted by atomic mass is 10.2. The van der Waals surface area contributed by atoms with Gasteiger partial charge in [-0.3, -0.25) is 4.57 Å². The van der Waals surface area contributed by atoms with Gasteiger partial charge < -0.3 is 18.9 Å². The van der Waals surface area contributed by atoms with Crippen LogP contribution in [0.4, 0.5) is 0 Å². The largest absolute Gasteiger partial charge is 0.496 e. The number of benzene rings is 1. The van der Waals surface area contributed by atoms with Gasteiger partial charge >= 0.3 is 7.60 Å². The zero-order chi connectivity index (χ0) is 15.3. The predicted molar refractivity (Wildman–Crippen MR) is 78.0 cm³/mol. The van der Waals surface area contributed by atoms with Crippen LogP contribution in [0.1, 0.15) is 39.1 Å². The Hall–Kier alpha value is -0.870. The second-order valence-electron chi connectivity index (χ2n) is 4.96. The number of aliphatic hydroxyl groups is 1. The van der Waals surface area contributed by atoms with Gasteiger partial charge in [-0.15, -0.1) is 0 Å². The molecule has 1 aromatic rings. The topological polar surface area (TPSA) is 65.0 Å². The van der Waals surface area contributed by atoms with Crippen LogP contribution < -0.4 is 4.74 Å². The van der Waals surface area contributed by atoms with Crippen LogP contribution in [0.25, 0.3) is 0 Å². The van der Waals surface area contributed by atoms with E-state index >= 15 is 0 Å². The van der Waals surface area contributed by atoms with Crippen LogP contribution >= 0.6 is 7.60 Å². The Balaban J connectivity index is 3.16. The SMILES string of the molecule is COc1ccccc1C(O)P(=O)(OC(C)C)OC(C)C. The molecule has 0 heterocycles. The maximum atomic E-state index is 12.9. The number of aliphatic hydroxyl groups excluding tert-OH is 1. The molecule has 0 fully saturated rings. The fourth-order valence-corrected chi connectivity index (χ4v) is 3.79. The summed E-state index contributed by atoms with van der Waals surface area (Å²) in [5.41, 5.74) is 0.389. The average molecular weight is 302 g/mol. The Bertz CT molecular complexity index is 458. The Morgan fingerprint density at radius 3 is 2.00 bits per heavy atom. The van der Waals surface area contributed by atoms with Crippen molar-refractivity contribution in [3.05, 3.63) is 29.8 Å². The van der Waals surface area contributed by atoms with Crippen molar-refractivity contribution in [1.82, 2.24) is 0 Å². The fraction of sp³-hybridized carbons (Fsp3) is 0.571. The summed E-state index contributed by atoms with van der Waals surface area (Å²) in [6.45, 7) is 6.97. The molecule has 0 saturated carbocycles. The van der Waals surface area contributed by atoms with Crippen LogP contribution in [0, 0.1) is 0 Å². The standard InChI is InChI=1S/C14H23O5P/c1-10(2)18-20(16,19-11(3)4)14(15)12-8-6-7-9-13(12)17-5/h6-11,14-15H,1-5H3. The molecule has 0 amide bonds. The van der Waals surface area contributed by atoms with E-state index < -0.39 is 13.4 Å². The second kappa shape index (κ2) is 7.23. The van der Waals surface area contributed by atoms with Gasteiger partial charge in [0, 0.05) is 5.56 Å². The molecule has 0 aliphatic carbocycles. The normalized spacial score (nSPS) is 13.8. The van der Waals surface area contributed by atoms with Gasteiger partial charge in [0.2, 0.25) is 0 Å². The number of hydrogen-bond donors (Lipinski definition) is 1. The first kappa shape index (κ1) is 17.2. The highest BCUT2D eigenvalue weighted by molar-refractivity contribution is 7.54. The lowest BCUT2D eigenvalue weighted by Gasteiger charge is -2.27. The third-order valence-corrected chi connectivity index (χ3v) is 4.74. The summed E-state index contributed by atoms with van der Waals surface area (Å²) < 4.78 is 28.8. The lowest BCUT2D eigenvalue weighted by Crippen LogP contribution is -2.14. The summed E-state index contributed by atoms with van der Waals surface area (Å²) in [6.07, 6.45) is -0.659. The smallest absolute Gasteiger partial charge is 0.364 e. The summed E-state index contributed by atoms with van der Waals surface area (Å²) in [6, 6.07) is 6.83. The number of methoxy groups -OCH3 is 1. The molecule has 5 nitrogen and oxygen atoms in total. The molecule has 1 aromatic carbocycles. The first-order valence-corrected chi connectivity index (χ1v) is 8.19. The van der Waals surface area contributed by atoms with Crippen molar-refractivity contribution in [2.75, 3.05) is 7.11 Å². The maximum absolute atomic E-state index is 12.9. The van der Waals surface area contributed by atoms with E-state index in [1.807, 2.05) is 0 Å². The molecular formula is C14H23O5P. The number of para-hydroxylation sites is 1. The van der Waals surface area contributed by atoms with E-state index in [-0.39, 0.29) is 12.2 Å². The quantitative estimate of drug-likeness (QED) is 0.777. The molecule has 0 bridgehead atoms. The van der Waals surface area contributed by atoms with Crippen molar-refractivity contribution in [3.8, 4) is 5.75 Å². The summed E-state index contributed by atoms with van der Waals surface area (Å²) >= 11 is 0. The molecule has 0 radical (unpaired) electrons. The van der Waals surface area contributed by atoms with Crippen molar-refractivity contribution in [3.63, 3.8) is 0 Å². The summed E-state index contributed by atoms with van der Waals surface area (Å²) in [7, 11) is -2.22. The lowest BCUT2D eigenvalue weighted by molar-refractivity contribution is 0.100. The Kier molecular flexibility index (Phi) is 6.21. The molecule has 0 aliphatic heterocycles. The monoisotopic (exact) mass is 302 g/mol. The van der Waals surface area contributed by atoms with Gasteiger partial charge in [0.15, 0.2) is 5.85 Å². The molecule has 0 aliphatic rings. The van der Waals surface area contributed by atoms with E-state index in [1.54, 1.807) is 52.0 Å². The van der Waals surface area contributed by atoms with Gasteiger partial charge in [-0.2, -0.15) is 0 Å². The Morgan fingerprint density at radius 1 is 1.05 bits per heavy atom. The average Bonchev–Trinajstić information content (AvgIpc) is 2.35. The van der Waals surface area contributed by atoms with E-state index in [4.69, 9.17) is 13.8 Å². The minimum Gasteiger partial charge on any atom is -0.496 e. The van der Waals surface area contributed by atoms with Gasteiger partial charge in [0.1, 0.15) is 5.75 Å². The highest BCUT2D eigenvalue weighted by atomic mass is 31.2. The predicted octanol–water partition coefficient (Wildman–Crippen LogP) is 3.73. The summed E-state index contributed by atoms with van der Waals surface area (Å²) in [4.78, 5) is 0. The van der Waals surface area contributed by atoms with E-state index in [0.717, 1.165) is 0 Å². The van der Waals surface area contributed by atoms with Gasteiger partial charge in [0.05, 0.1) is 19.3 Å². The van der Waals surface area contributed by atoms with Gasteiger partial charge in [-0.1, -0.05) is 18.2 Å². The third kappa shape index (κ3) is 4.32. The fourth-order valence-electron chi connectivity index (χ4n) is 1.78. The van der Waals surface area contributed by atoms with E-state index in [9.17, 15) is 9.67 Å². The maximum Gasteiger partial charge on any atom is 0.364 e. The van der Waals surface area contributed by atoms with Crippen LogP contribution in [-0.4, -0.2) is 24.4 Å². The minimum atomic E-state index is -3.71. The molecule has 1 atom stereocenters. The zero-order valence-electron chi connectivity index (χ0n) is 12.6. The van der Waals surface area contributed by atoms with Crippen molar-refractivity contribution < 1.29 is 23.5 Å². The van der Waals surface area contributed by atoms with Crippen LogP contribution in [0.2, 0.25) is 0 Å². The molecule has 20 heavy (non-hydrogen) atoms. The molecule has 114 valence electrons. The molecule has 1 rings (SSSR count). The van der Waals surface area contributed by atoms with Gasteiger partial charge in [-0.05, 0) is 33.8 Å². The van der Waals surface area contributed by atoms with E-state index in [2.05, 4.69) is 0 Å². The van der Waals surface area contributed by atoms with Crippen LogP contribution in [0.5, 0.6) is 5.75 Å².